The predicted molar refractivity (Wildman–Crippen MR) is 76.7 cm³/mol. The zero-order valence-corrected chi connectivity index (χ0v) is 11.7. The second kappa shape index (κ2) is 7.92. The van der Waals surface area contributed by atoms with Gasteiger partial charge >= 0.3 is 0 Å². The summed E-state index contributed by atoms with van der Waals surface area (Å²) in [6, 6.07) is 9.17. The first-order valence-electron chi connectivity index (χ1n) is 6.79. The van der Waals surface area contributed by atoms with E-state index in [4.69, 9.17) is 5.73 Å². The van der Waals surface area contributed by atoms with E-state index >= 15 is 0 Å². The van der Waals surface area contributed by atoms with Gasteiger partial charge in [-0.05, 0) is 11.5 Å². The van der Waals surface area contributed by atoms with Crippen LogP contribution in [0.4, 0.5) is 0 Å². The van der Waals surface area contributed by atoms with Crippen LogP contribution in [0.2, 0.25) is 0 Å². The van der Waals surface area contributed by atoms with Crippen molar-refractivity contribution in [2.45, 2.75) is 32.2 Å². The molecule has 4 heteroatoms. The highest BCUT2D eigenvalue weighted by atomic mass is 16.3. The molecule has 0 aliphatic rings. The van der Waals surface area contributed by atoms with Gasteiger partial charge in [0, 0.05) is 12.5 Å². The van der Waals surface area contributed by atoms with E-state index in [1.54, 1.807) is 0 Å². The van der Waals surface area contributed by atoms with Gasteiger partial charge in [-0.1, -0.05) is 50.6 Å². The molecule has 0 fully saturated rings. The molecule has 0 aliphatic heterocycles. The summed E-state index contributed by atoms with van der Waals surface area (Å²) in [5.41, 5.74) is 6.88. The van der Waals surface area contributed by atoms with E-state index in [1.807, 2.05) is 44.2 Å². The summed E-state index contributed by atoms with van der Waals surface area (Å²) >= 11 is 0. The van der Waals surface area contributed by atoms with E-state index in [9.17, 15) is 9.90 Å². The number of carbonyl (C=O) groups excluding carboxylic acids is 1. The molecule has 1 rings (SSSR count). The lowest BCUT2D eigenvalue weighted by molar-refractivity contribution is -0.123. The monoisotopic (exact) mass is 264 g/mol. The largest absolute Gasteiger partial charge is 0.396 e. The summed E-state index contributed by atoms with van der Waals surface area (Å²) in [6.45, 7) is 4.38. The van der Waals surface area contributed by atoms with E-state index < -0.39 is 6.04 Å². The molecular formula is C15H24N2O2. The van der Waals surface area contributed by atoms with E-state index in [1.165, 1.54) is 0 Å². The van der Waals surface area contributed by atoms with Gasteiger partial charge in [-0.15, -0.1) is 0 Å². The van der Waals surface area contributed by atoms with E-state index in [2.05, 4.69) is 5.32 Å². The molecule has 106 valence electrons. The normalized spacial score (nSPS) is 15.6. The van der Waals surface area contributed by atoms with Gasteiger partial charge in [-0.25, -0.2) is 0 Å². The number of hydrogen-bond donors (Lipinski definition) is 3. The fraction of sp³-hybridized carbons (Fsp3) is 0.533. The average molecular weight is 264 g/mol. The Labute approximate surface area is 115 Å². The lowest BCUT2D eigenvalue weighted by Gasteiger charge is -2.20. The van der Waals surface area contributed by atoms with Crippen molar-refractivity contribution >= 4 is 5.91 Å². The fourth-order valence-electron chi connectivity index (χ4n) is 1.87. The highest BCUT2D eigenvalue weighted by molar-refractivity contribution is 5.81. The van der Waals surface area contributed by atoms with Gasteiger partial charge in [0.15, 0.2) is 0 Å². The van der Waals surface area contributed by atoms with E-state index in [0.717, 1.165) is 12.0 Å². The number of rotatable bonds is 7. The van der Waals surface area contributed by atoms with Crippen molar-refractivity contribution in [1.29, 1.82) is 0 Å². The second-order valence-corrected chi connectivity index (χ2v) is 4.95. The molecule has 4 N–H and O–H groups in total. The molecule has 0 spiro atoms. The van der Waals surface area contributed by atoms with Crippen molar-refractivity contribution in [1.82, 2.24) is 5.32 Å². The van der Waals surface area contributed by atoms with Crippen LogP contribution in [0.5, 0.6) is 0 Å². The number of carbonyl (C=O) groups is 1. The molecule has 0 bridgehead atoms. The summed E-state index contributed by atoms with van der Waals surface area (Å²) in [6.07, 6.45) is 0.872. The summed E-state index contributed by atoms with van der Waals surface area (Å²) in [5, 5.41) is 12.2. The summed E-state index contributed by atoms with van der Waals surface area (Å²) in [4.78, 5) is 11.9. The van der Waals surface area contributed by atoms with Crippen molar-refractivity contribution in [2.75, 3.05) is 13.2 Å². The zero-order chi connectivity index (χ0) is 14.3. The second-order valence-electron chi connectivity index (χ2n) is 4.95. The maximum absolute atomic E-state index is 11.9. The summed E-state index contributed by atoms with van der Waals surface area (Å²) < 4.78 is 0. The number of nitrogens with one attached hydrogen (secondary N) is 1. The SMILES string of the molecule is CCC(C)C(N)C(=O)NCC(CO)c1ccccc1. The fourth-order valence-corrected chi connectivity index (χ4v) is 1.87. The van der Waals surface area contributed by atoms with E-state index in [-0.39, 0.29) is 24.3 Å². The Morgan fingerprint density at radius 2 is 2.00 bits per heavy atom. The topological polar surface area (TPSA) is 75.4 Å². The highest BCUT2D eigenvalue weighted by Gasteiger charge is 2.20. The van der Waals surface area contributed by atoms with Crippen LogP contribution < -0.4 is 11.1 Å². The third-order valence-electron chi connectivity index (χ3n) is 3.57. The first-order chi connectivity index (χ1) is 9.10. The zero-order valence-electron chi connectivity index (χ0n) is 11.7. The summed E-state index contributed by atoms with van der Waals surface area (Å²) in [7, 11) is 0. The molecular weight excluding hydrogens is 240 g/mol. The number of amides is 1. The first kappa shape index (κ1) is 15.7. The number of benzene rings is 1. The Balaban J connectivity index is 2.52. The maximum atomic E-state index is 11.9. The Hall–Kier alpha value is -1.39. The molecule has 3 unspecified atom stereocenters. The Morgan fingerprint density at radius 3 is 2.53 bits per heavy atom. The van der Waals surface area contributed by atoms with Crippen molar-refractivity contribution in [3.63, 3.8) is 0 Å². The van der Waals surface area contributed by atoms with E-state index in [0.29, 0.717) is 6.54 Å². The van der Waals surface area contributed by atoms with Crippen LogP contribution in [0.3, 0.4) is 0 Å². The van der Waals surface area contributed by atoms with Gasteiger partial charge in [0.1, 0.15) is 0 Å². The van der Waals surface area contributed by atoms with Crippen molar-refractivity contribution in [3.05, 3.63) is 35.9 Å². The first-order valence-corrected chi connectivity index (χ1v) is 6.79. The third kappa shape index (κ3) is 4.65. The van der Waals surface area contributed by atoms with Gasteiger partial charge in [0.05, 0.1) is 12.6 Å². The lowest BCUT2D eigenvalue weighted by Crippen LogP contribution is -2.45. The minimum atomic E-state index is -0.486. The lowest BCUT2D eigenvalue weighted by atomic mass is 9.97. The molecule has 0 saturated carbocycles. The predicted octanol–water partition coefficient (Wildman–Crippen LogP) is 1.25. The summed E-state index contributed by atoms with van der Waals surface area (Å²) in [5.74, 6) is -0.0812. The van der Waals surface area contributed by atoms with Crippen LogP contribution in [-0.2, 0) is 4.79 Å². The Kier molecular flexibility index (Phi) is 6.53. The van der Waals surface area contributed by atoms with Crippen molar-refractivity contribution < 1.29 is 9.90 Å². The molecule has 0 saturated heterocycles. The molecule has 4 nitrogen and oxygen atoms in total. The standard InChI is InChI=1S/C15H24N2O2/c1-3-11(2)14(16)15(19)17-9-13(10-18)12-7-5-4-6-8-12/h4-8,11,13-14,18H,3,9-10,16H2,1-2H3,(H,17,19). The molecule has 0 heterocycles. The van der Waals surface area contributed by atoms with Crippen LogP contribution in [0.1, 0.15) is 31.7 Å². The molecule has 0 aromatic heterocycles. The molecule has 0 radical (unpaired) electrons. The number of aliphatic hydroxyl groups excluding tert-OH is 1. The molecule has 0 aliphatic carbocycles. The van der Waals surface area contributed by atoms with Crippen molar-refractivity contribution in [3.8, 4) is 0 Å². The van der Waals surface area contributed by atoms with Gasteiger partial charge in [-0.2, -0.15) is 0 Å². The minimum Gasteiger partial charge on any atom is -0.396 e. The maximum Gasteiger partial charge on any atom is 0.237 e. The highest BCUT2D eigenvalue weighted by Crippen LogP contribution is 2.14. The molecule has 3 atom stereocenters. The van der Waals surface area contributed by atoms with Gasteiger partial charge in [0.2, 0.25) is 5.91 Å². The van der Waals surface area contributed by atoms with Gasteiger partial charge in [0.25, 0.3) is 0 Å². The third-order valence-corrected chi connectivity index (χ3v) is 3.57. The van der Waals surface area contributed by atoms with Crippen LogP contribution in [-0.4, -0.2) is 30.2 Å². The van der Waals surface area contributed by atoms with Crippen molar-refractivity contribution in [2.24, 2.45) is 11.7 Å². The van der Waals surface area contributed by atoms with Crippen LogP contribution in [0, 0.1) is 5.92 Å². The Morgan fingerprint density at radius 1 is 1.37 bits per heavy atom. The molecule has 1 amide bonds. The minimum absolute atomic E-state index is 0.00284. The molecule has 19 heavy (non-hydrogen) atoms. The Bertz CT molecular complexity index is 381. The van der Waals surface area contributed by atoms with Gasteiger partial charge < -0.3 is 16.2 Å². The number of nitrogens with two attached hydrogens (primary N) is 1. The number of aliphatic hydroxyl groups is 1. The quantitative estimate of drug-likeness (QED) is 0.694. The number of hydrogen-bond acceptors (Lipinski definition) is 3. The van der Waals surface area contributed by atoms with Crippen LogP contribution in [0.15, 0.2) is 30.3 Å². The van der Waals surface area contributed by atoms with Gasteiger partial charge in [-0.3, -0.25) is 4.79 Å². The molecule has 1 aromatic carbocycles. The average Bonchev–Trinajstić information content (AvgIpc) is 2.47. The van der Waals surface area contributed by atoms with Crippen LogP contribution in [0.25, 0.3) is 0 Å². The van der Waals surface area contributed by atoms with Crippen LogP contribution >= 0.6 is 0 Å². The smallest absolute Gasteiger partial charge is 0.237 e. The molecule has 1 aromatic rings.